The summed E-state index contributed by atoms with van der Waals surface area (Å²) in [5.41, 5.74) is -3.03. The number of nitro benzene ring substituents is 1. The van der Waals surface area contributed by atoms with Gasteiger partial charge in [0.1, 0.15) is 5.56 Å². The van der Waals surface area contributed by atoms with Crippen LogP contribution in [0.1, 0.15) is 15.9 Å². The predicted molar refractivity (Wildman–Crippen MR) is 68.9 cm³/mol. The van der Waals surface area contributed by atoms with Crippen LogP contribution in [0.25, 0.3) is 0 Å². The number of ketones is 1. The average Bonchev–Trinajstić information content (AvgIpc) is 2.25. The molecule has 18 heavy (non-hydrogen) atoms. The van der Waals surface area contributed by atoms with Crippen molar-refractivity contribution in [3.8, 4) is 0 Å². The van der Waals surface area contributed by atoms with Gasteiger partial charge in [0, 0.05) is 9.64 Å². The molecule has 0 saturated heterocycles. The van der Waals surface area contributed by atoms with Gasteiger partial charge in [0.2, 0.25) is 0 Å². The maximum atomic E-state index is 12.8. The van der Waals surface area contributed by atoms with Gasteiger partial charge in [-0.25, -0.2) is 0 Å². The van der Waals surface area contributed by atoms with E-state index in [2.05, 4.69) is 15.9 Å². The van der Waals surface area contributed by atoms with Crippen LogP contribution >= 0.6 is 38.5 Å². The second-order valence-electron chi connectivity index (χ2n) is 3.16. The Morgan fingerprint density at radius 2 is 2.00 bits per heavy atom. The molecule has 1 aromatic rings. The fourth-order valence-electron chi connectivity index (χ4n) is 1.32. The van der Waals surface area contributed by atoms with E-state index < -0.39 is 39.0 Å². The lowest BCUT2D eigenvalue weighted by Gasteiger charge is -2.12. The number of hydrogen-bond acceptors (Lipinski definition) is 3. The third-order valence-corrected chi connectivity index (χ3v) is 3.12. The molecule has 0 heterocycles. The summed E-state index contributed by atoms with van der Waals surface area (Å²) >= 11 is 4.24. The summed E-state index contributed by atoms with van der Waals surface area (Å²) in [6, 6.07) is 1.65. The summed E-state index contributed by atoms with van der Waals surface area (Å²) < 4.78 is 38.4. The zero-order valence-electron chi connectivity index (χ0n) is 8.42. The molecule has 4 nitrogen and oxygen atoms in total. The number of nitro groups is 1. The van der Waals surface area contributed by atoms with Crippen molar-refractivity contribution in [2.24, 2.45) is 0 Å². The Morgan fingerprint density at radius 1 is 1.44 bits per heavy atom. The van der Waals surface area contributed by atoms with Gasteiger partial charge >= 0.3 is 6.18 Å². The first kappa shape index (κ1) is 15.3. The highest BCUT2D eigenvalue weighted by Gasteiger charge is 2.39. The van der Waals surface area contributed by atoms with Gasteiger partial charge in [-0.05, 0) is 28.7 Å². The highest BCUT2D eigenvalue weighted by molar-refractivity contribution is 14.1. The van der Waals surface area contributed by atoms with E-state index >= 15 is 0 Å². The van der Waals surface area contributed by atoms with Crippen LogP contribution in [0.5, 0.6) is 0 Å². The van der Waals surface area contributed by atoms with Gasteiger partial charge in [0.05, 0.1) is 15.8 Å². The molecule has 0 N–H and O–H groups in total. The molecular formula is C9H4BrF3INO3. The zero-order valence-corrected chi connectivity index (χ0v) is 12.2. The molecule has 0 radical (unpaired) electrons. The molecule has 1 rings (SSSR count). The van der Waals surface area contributed by atoms with E-state index in [9.17, 15) is 28.1 Å². The SMILES string of the molecule is O=C(CBr)c1c([N+](=O)[O-])cc(I)cc1C(F)(F)F. The first-order valence-corrected chi connectivity index (χ1v) is 6.52. The first-order valence-electron chi connectivity index (χ1n) is 4.32. The van der Waals surface area contributed by atoms with Crippen molar-refractivity contribution in [1.29, 1.82) is 0 Å². The summed E-state index contributed by atoms with van der Waals surface area (Å²) in [6.07, 6.45) is -4.82. The van der Waals surface area contributed by atoms with Crippen molar-refractivity contribution in [3.05, 3.63) is 36.9 Å². The normalized spacial score (nSPS) is 11.4. The maximum Gasteiger partial charge on any atom is 0.417 e. The number of nitrogens with zero attached hydrogens (tertiary/aromatic N) is 1. The Labute approximate surface area is 121 Å². The summed E-state index contributed by atoms with van der Waals surface area (Å²) in [4.78, 5) is 21.2. The van der Waals surface area contributed by atoms with Gasteiger partial charge in [-0.2, -0.15) is 13.2 Å². The molecule has 0 amide bonds. The lowest BCUT2D eigenvalue weighted by molar-refractivity contribution is -0.385. The molecule has 98 valence electrons. The summed E-state index contributed by atoms with van der Waals surface area (Å²) in [5, 5.41) is 10.3. The number of alkyl halides is 4. The Hall–Kier alpha value is -0.710. The van der Waals surface area contributed by atoms with Crippen molar-refractivity contribution in [3.63, 3.8) is 0 Å². The van der Waals surface area contributed by atoms with Crippen LogP contribution in [0.15, 0.2) is 12.1 Å². The molecule has 0 aliphatic rings. The Morgan fingerprint density at radius 3 is 2.39 bits per heavy atom. The molecule has 9 heteroatoms. The van der Waals surface area contributed by atoms with Crippen LogP contribution < -0.4 is 0 Å². The lowest BCUT2D eigenvalue weighted by Crippen LogP contribution is -2.16. The summed E-state index contributed by atoms with van der Waals surface area (Å²) in [7, 11) is 0. The minimum atomic E-state index is -4.82. The number of hydrogen-bond donors (Lipinski definition) is 0. The summed E-state index contributed by atoms with van der Waals surface area (Å²) in [5.74, 6) is -0.981. The molecule has 1 aromatic carbocycles. The third kappa shape index (κ3) is 3.19. The number of carbonyl (C=O) groups excluding carboxylic acids is 1. The molecule has 0 bridgehead atoms. The van der Waals surface area contributed by atoms with Crippen molar-refractivity contribution in [1.82, 2.24) is 0 Å². The molecule has 0 unspecified atom stereocenters. The number of Topliss-reactive ketones (excluding diaryl/α,β-unsaturated/α-hetero) is 1. The standard InChI is InChI=1S/C9H4BrF3INO3/c10-3-7(16)8-5(9(11,12)13)1-4(14)2-6(8)15(17)18/h1-2H,3H2. The first-order chi connectivity index (χ1) is 8.18. The minimum absolute atomic E-state index is 0.0396. The quantitative estimate of drug-likeness (QED) is 0.237. The topological polar surface area (TPSA) is 60.2 Å². The zero-order chi connectivity index (χ0) is 14.1. The van der Waals surface area contributed by atoms with Gasteiger partial charge in [0.25, 0.3) is 5.69 Å². The fourth-order valence-corrected chi connectivity index (χ4v) is 2.21. The van der Waals surface area contributed by atoms with Crippen LogP contribution in [0.4, 0.5) is 18.9 Å². The number of rotatable bonds is 3. The van der Waals surface area contributed by atoms with Crippen molar-refractivity contribution < 1.29 is 22.9 Å². The molecule has 0 aliphatic carbocycles. The third-order valence-electron chi connectivity index (χ3n) is 1.98. The molecule has 0 aromatic heterocycles. The number of benzene rings is 1. The fraction of sp³-hybridized carbons (Fsp3) is 0.222. The van der Waals surface area contributed by atoms with E-state index in [4.69, 9.17) is 0 Å². The van der Waals surface area contributed by atoms with Crippen molar-refractivity contribution in [2.75, 3.05) is 5.33 Å². The van der Waals surface area contributed by atoms with Gasteiger partial charge in [0.15, 0.2) is 5.78 Å². The van der Waals surface area contributed by atoms with Crippen molar-refractivity contribution in [2.45, 2.75) is 6.18 Å². The second-order valence-corrected chi connectivity index (χ2v) is 4.97. The average molecular weight is 438 g/mol. The lowest BCUT2D eigenvalue weighted by atomic mass is 10.0. The van der Waals surface area contributed by atoms with E-state index in [1.807, 2.05) is 0 Å². The molecule has 0 atom stereocenters. The molecule has 0 fully saturated rings. The molecule has 0 saturated carbocycles. The van der Waals surface area contributed by atoms with E-state index in [-0.39, 0.29) is 3.57 Å². The molecule has 0 aliphatic heterocycles. The van der Waals surface area contributed by atoms with Gasteiger partial charge in [-0.3, -0.25) is 14.9 Å². The van der Waals surface area contributed by atoms with Gasteiger partial charge in [-0.15, -0.1) is 0 Å². The maximum absolute atomic E-state index is 12.8. The molecule has 0 spiro atoms. The van der Waals surface area contributed by atoms with E-state index in [0.29, 0.717) is 6.07 Å². The predicted octanol–water partition coefficient (Wildman–Crippen LogP) is 3.80. The van der Waals surface area contributed by atoms with Crippen LogP contribution in [0.2, 0.25) is 0 Å². The number of halogens is 5. The van der Waals surface area contributed by atoms with E-state index in [1.165, 1.54) is 22.6 Å². The Bertz CT molecular complexity index is 519. The summed E-state index contributed by atoms with van der Waals surface area (Å²) in [6.45, 7) is 0. The molecular weight excluding hydrogens is 434 g/mol. The van der Waals surface area contributed by atoms with Crippen LogP contribution in [0.3, 0.4) is 0 Å². The minimum Gasteiger partial charge on any atom is -0.293 e. The van der Waals surface area contributed by atoms with Crippen LogP contribution in [-0.2, 0) is 6.18 Å². The van der Waals surface area contributed by atoms with E-state index in [1.54, 1.807) is 0 Å². The van der Waals surface area contributed by atoms with Gasteiger partial charge < -0.3 is 0 Å². The van der Waals surface area contributed by atoms with E-state index in [0.717, 1.165) is 6.07 Å². The largest absolute Gasteiger partial charge is 0.417 e. The second kappa shape index (κ2) is 5.51. The van der Waals surface area contributed by atoms with Gasteiger partial charge in [-0.1, -0.05) is 15.9 Å². The highest BCUT2D eigenvalue weighted by atomic mass is 127. The highest BCUT2D eigenvalue weighted by Crippen LogP contribution is 2.37. The van der Waals surface area contributed by atoms with Crippen LogP contribution in [-0.4, -0.2) is 16.0 Å². The smallest absolute Gasteiger partial charge is 0.293 e. The van der Waals surface area contributed by atoms with Crippen LogP contribution in [0, 0.1) is 13.7 Å². The van der Waals surface area contributed by atoms with Crippen molar-refractivity contribution >= 4 is 50.0 Å². The number of carbonyl (C=O) groups is 1. The monoisotopic (exact) mass is 437 g/mol. The Kier molecular flexibility index (Phi) is 4.70. The Balaban J connectivity index is 3.69.